The van der Waals surface area contributed by atoms with Gasteiger partial charge in [0.1, 0.15) is 0 Å². The van der Waals surface area contributed by atoms with Crippen LogP contribution in [0.5, 0.6) is 0 Å². The number of aryl methyl sites for hydroxylation is 1. The number of carboxylic acids is 1. The molecule has 122 valence electrons. The highest BCUT2D eigenvalue weighted by Crippen LogP contribution is 2.26. The fourth-order valence-electron chi connectivity index (χ4n) is 3.01. The maximum absolute atomic E-state index is 12.8. The average Bonchev–Trinajstić information content (AvgIpc) is 2.59. The number of carbonyl (C=O) groups is 1. The van der Waals surface area contributed by atoms with Crippen LogP contribution >= 0.6 is 0 Å². The van der Waals surface area contributed by atoms with Crippen molar-refractivity contribution in [1.29, 1.82) is 0 Å². The number of aromatic nitrogens is 1. The summed E-state index contributed by atoms with van der Waals surface area (Å²) in [6, 6.07) is 12.9. The third-order valence-electron chi connectivity index (χ3n) is 4.29. The minimum atomic E-state index is -1.04. The van der Waals surface area contributed by atoms with E-state index in [1.807, 2.05) is 37.3 Å². The molecule has 0 unspecified atom stereocenters. The van der Waals surface area contributed by atoms with Gasteiger partial charge >= 0.3 is 5.97 Å². The van der Waals surface area contributed by atoms with Crippen LogP contribution in [0.4, 0.5) is 0 Å². The fourth-order valence-corrected chi connectivity index (χ4v) is 3.01. The number of aromatic carboxylic acids is 1. The second kappa shape index (κ2) is 6.32. The number of hydrogen-bond donors (Lipinski definition) is 2. The lowest BCUT2D eigenvalue weighted by atomic mass is 9.97. The number of hydrogen-bond acceptors (Lipinski definition) is 2. The topological polar surface area (TPSA) is 70.2 Å². The molecule has 0 saturated heterocycles. The Kier molecular flexibility index (Phi) is 4.21. The van der Waals surface area contributed by atoms with Crippen molar-refractivity contribution < 1.29 is 9.90 Å². The summed E-state index contributed by atoms with van der Waals surface area (Å²) >= 11 is 0. The van der Waals surface area contributed by atoms with Crippen LogP contribution in [-0.4, -0.2) is 16.1 Å². The first-order valence-electron chi connectivity index (χ1n) is 8.01. The molecule has 24 heavy (non-hydrogen) atoms. The van der Waals surface area contributed by atoms with Crippen molar-refractivity contribution in [3.63, 3.8) is 0 Å². The molecule has 0 radical (unpaired) electrons. The van der Waals surface area contributed by atoms with Crippen molar-refractivity contribution in [2.45, 2.75) is 26.7 Å². The maximum atomic E-state index is 12.8. The SMILES string of the molecule is CCCc1[nH]c2c(C(=O)O)cc(-c3ccccc3)cc2c(=O)c1C. The van der Waals surface area contributed by atoms with Crippen LogP contribution in [0.15, 0.2) is 47.3 Å². The van der Waals surface area contributed by atoms with E-state index in [0.717, 1.165) is 29.7 Å². The molecule has 0 aliphatic carbocycles. The standard InChI is InChI=1S/C20H19NO3/c1-3-7-17-12(2)19(22)15-10-14(13-8-5-4-6-9-13)11-16(20(23)24)18(15)21-17/h4-6,8-11H,3,7H2,1-2H3,(H,21,22)(H,23,24). The van der Waals surface area contributed by atoms with Gasteiger partial charge in [-0.05, 0) is 36.6 Å². The maximum Gasteiger partial charge on any atom is 0.337 e. The molecule has 3 aromatic rings. The summed E-state index contributed by atoms with van der Waals surface area (Å²) in [4.78, 5) is 27.7. The molecule has 0 aliphatic rings. The molecule has 2 N–H and O–H groups in total. The Morgan fingerprint density at radius 3 is 2.46 bits per heavy atom. The summed E-state index contributed by atoms with van der Waals surface area (Å²) in [5.74, 6) is -1.04. The number of H-pyrrole nitrogens is 1. The van der Waals surface area contributed by atoms with Crippen molar-refractivity contribution in [3.8, 4) is 11.1 Å². The smallest absolute Gasteiger partial charge is 0.337 e. The zero-order valence-corrected chi connectivity index (χ0v) is 13.7. The molecular weight excluding hydrogens is 302 g/mol. The molecule has 0 aliphatic heterocycles. The lowest BCUT2D eigenvalue weighted by molar-refractivity contribution is 0.0699. The quantitative estimate of drug-likeness (QED) is 0.758. The van der Waals surface area contributed by atoms with Crippen LogP contribution in [0.25, 0.3) is 22.0 Å². The van der Waals surface area contributed by atoms with E-state index in [0.29, 0.717) is 16.5 Å². The van der Waals surface area contributed by atoms with E-state index in [4.69, 9.17) is 0 Å². The highest BCUT2D eigenvalue weighted by atomic mass is 16.4. The van der Waals surface area contributed by atoms with Gasteiger partial charge in [-0.1, -0.05) is 43.7 Å². The molecule has 4 heteroatoms. The number of fused-ring (bicyclic) bond motifs is 1. The predicted octanol–water partition coefficient (Wildman–Crippen LogP) is 4.15. The monoisotopic (exact) mass is 321 g/mol. The first-order valence-corrected chi connectivity index (χ1v) is 8.01. The van der Waals surface area contributed by atoms with E-state index >= 15 is 0 Å². The number of aromatic amines is 1. The Balaban J connectivity index is 2.38. The Morgan fingerprint density at radius 1 is 1.12 bits per heavy atom. The molecule has 0 spiro atoms. The van der Waals surface area contributed by atoms with Gasteiger partial charge in [-0.25, -0.2) is 4.79 Å². The van der Waals surface area contributed by atoms with Crippen LogP contribution in [0, 0.1) is 6.92 Å². The average molecular weight is 321 g/mol. The van der Waals surface area contributed by atoms with Gasteiger partial charge in [0, 0.05) is 16.6 Å². The summed E-state index contributed by atoms with van der Waals surface area (Å²) in [5.41, 5.74) is 3.51. The molecule has 1 heterocycles. The minimum absolute atomic E-state index is 0.104. The largest absolute Gasteiger partial charge is 0.478 e. The number of benzene rings is 2. The van der Waals surface area contributed by atoms with E-state index in [1.54, 1.807) is 19.1 Å². The predicted molar refractivity (Wildman–Crippen MR) is 95.7 cm³/mol. The fraction of sp³-hybridized carbons (Fsp3) is 0.200. The molecule has 0 bridgehead atoms. The van der Waals surface area contributed by atoms with Gasteiger partial charge in [0.25, 0.3) is 0 Å². The van der Waals surface area contributed by atoms with Crippen molar-refractivity contribution >= 4 is 16.9 Å². The Hall–Kier alpha value is -2.88. The van der Waals surface area contributed by atoms with Crippen molar-refractivity contribution in [1.82, 2.24) is 4.98 Å². The molecule has 2 aromatic carbocycles. The van der Waals surface area contributed by atoms with Gasteiger partial charge in [-0.3, -0.25) is 4.79 Å². The third kappa shape index (κ3) is 2.71. The molecular formula is C20H19NO3. The van der Waals surface area contributed by atoms with Gasteiger partial charge in [0.05, 0.1) is 11.1 Å². The van der Waals surface area contributed by atoms with Gasteiger partial charge in [-0.2, -0.15) is 0 Å². The highest BCUT2D eigenvalue weighted by Gasteiger charge is 2.16. The number of pyridine rings is 1. The summed E-state index contributed by atoms with van der Waals surface area (Å²) in [5, 5.41) is 10.0. The van der Waals surface area contributed by atoms with Gasteiger partial charge in [0.15, 0.2) is 5.43 Å². The van der Waals surface area contributed by atoms with E-state index in [2.05, 4.69) is 4.98 Å². The summed E-state index contributed by atoms with van der Waals surface area (Å²) in [6.45, 7) is 3.82. The Labute approximate surface area is 139 Å². The molecule has 3 rings (SSSR count). The third-order valence-corrected chi connectivity index (χ3v) is 4.29. The summed E-state index contributed by atoms with van der Waals surface area (Å²) in [6.07, 6.45) is 1.60. The van der Waals surface area contributed by atoms with Gasteiger partial charge in [-0.15, -0.1) is 0 Å². The van der Waals surface area contributed by atoms with Crippen LogP contribution in [-0.2, 0) is 6.42 Å². The van der Waals surface area contributed by atoms with Crippen molar-refractivity contribution in [3.05, 3.63) is 69.5 Å². The normalized spacial score (nSPS) is 10.9. The summed E-state index contributed by atoms with van der Waals surface area (Å²) in [7, 11) is 0. The Bertz CT molecular complexity index is 972. The van der Waals surface area contributed by atoms with E-state index < -0.39 is 5.97 Å². The van der Waals surface area contributed by atoms with Crippen LogP contribution in [0.2, 0.25) is 0 Å². The van der Waals surface area contributed by atoms with E-state index in [-0.39, 0.29) is 11.0 Å². The first-order chi connectivity index (χ1) is 11.5. The van der Waals surface area contributed by atoms with Crippen LogP contribution < -0.4 is 5.43 Å². The van der Waals surface area contributed by atoms with Gasteiger partial charge in [0.2, 0.25) is 0 Å². The molecule has 0 fully saturated rings. The minimum Gasteiger partial charge on any atom is -0.478 e. The second-order valence-corrected chi connectivity index (χ2v) is 5.93. The lowest BCUT2D eigenvalue weighted by Crippen LogP contribution is -2.14. The second-order valence-electron chi connectivity index (χ2n) is 5.93. The lowest BCUT2D eigenvalue weighted by Gasteiger charge is -2.12. The molecule has 1 aromatic heterocycles. The Morgan fingerprint density at radius 2 is 1.83 bits per heavy atom. The summed E-state index contributed by atoms with van der Waals surface area (Å²) < 4.78 is 0. The van der Waals surface area contributed by atoms with Crippen molar-refractivity contribution in [2.24, 2.45) is 0 Å². The number of nitrogens with one attached hydrogen (secondary N) is 1. The van der Waals surface area contributed by atoms with E-state index in [1.165, 1.54) is 0 Å². The first kappa shape index (κ1) is 16.0. The molecule has 0 atom stereocenters. The van der Waals surface area contributed by atoms with Crippen molar-refractivity contribution in [2.75, 3.05) is 0 Å². The van der Waals surface area contributed by atoms with Crippen LogP contribution in [0.1, 0.15) is 35.0 Å². The number of carboxylic acid groups (broad SMARTS) is 1. The zero-order chi connectivity index (χ0) is 17.3. The molecule has 0 saturated carbocycles. The molecule has 0 amide bonds. The number of rotatable bonds is 4. The van der Waals surface area contributed by atoms with E-state index in [9.17, 15) is 14.7 Å². The van der Waals surface area contributed by atoms with Crippen LogP contribution in [0.3, 0.4) is 0 Å². The molecule has 4 nitrogen and oxygen atoms in total. The highest BCUT2D eigenvalue weighted by molar-refractivity contribution is 6.04. The van der Waals surface area contributed by atoms with Gasteiger partial charge < -0.3 is 10.1 Å². The zero-order valence-electron chi connectivity index (χ0n) is 13.7.